The van der Waals surface area contributed by atoms with Gasteiger partial charge in [-0.25, -0.2) is 13.4 Å². The average molecular weight is 391 g/mol. The number of thiazole rings is 1. The van der Waals surface area contributed by atoms with E-state index >= 15 is 0 Å². The van der Waals surface area contributed by atoms with Crippen LogP contribution in [0.25, 0.3) is 6.08 Å². The van der Waals surface area contributed by atoms with Crippen LogP contribution in [0.15, 0.2) is 64.3 Å². The Morgan fingerprint density at radius 1 is 1.08 bits per heavy atom. The first-order chi connectivity index (χ1) is 12.0. The molecular formula is C16H13N3O3S3. The monoisotopic (exact) mass is 391 g/mol. The molecule has 3 aromatic rings. The average Bonchev–Trinajstić information content (AvgIpc) is 3.27. The zero-order valence-corrected chi connectivity index (χ0v) is 15.2. The van der Waals surface area contributed by atoms with Crippen LogP contribution in [0, 0.1) is 0 Å². The second kappa shape index (κ2) is 7.60. The lowest BCUT2D eigenvalue weighted by atomic mass is 10.3. The second-order valence-corrected chi connectivity index (χ2v) is 8.36. The molecule has 25 heavy (non-hydrogen) atoms. The van der Waals surface area contributed by atoms with E-state index in [2.05, 4.69) is 15.0 Å². The number of carbonyl (C=O) groups is 1. The lowest BCUT2D eigenvalue weighted by Gasteiger charge is -2.07. The Hall–Kier alpha value is -2.49. The first kappa shape index (κ1) is 17.3. The van der Waals surface area contributed by atoms with Gasteiger partial charge in [-0.1, -0.05) is 6.07 Å². The Morgan fingerprint density at radius 2 is 1.88 bits per heavy atom. The van der Waals surface area contributed by atoms with Crippen LogP contribution in [0.2, 0.25) is 0 Å². The summed E-state index contributed by atoms with van der Waals surface area (Å²) in [4.78, 5) is 16.8. The smallest absolute Gasteiger partial charge is 0.263 e. The van der Waals surface area contributed by atoms with Gasteiger partial charge < -0.3 is 5.32 Å². The molecule has 0 saturated carbocycles. The van der Waals surface area contributed by atoms with E-state index in [0.29, 0.717) is 10.8 Å². The van der Waals surface area contributed by atoms with Gasteiger partial charge in [-0.3, -0.25) is 9.52 Å². The summed E-state index contributed by atoms with van der Waals surface area (Å²) in [5.41, 5.74) is 0.508. The highest BCUT2D eigenvalue weighted by atomic mass is 32.2. The third kappa shape index (κ3) is 4.75. The first-order valence-electron chi connectivity index (χ1n) is 7.08. The van der Waals surface area contributed by atoms with Crippen molar-refractivity contribution in [3.05, 3.63) is 64.3 Å². The number of hydrogen-bond donors (Lipinski definition) is 2. The van der Waals surface area contributed by atoms with Crippen LogP contribution in [0.1, 0.15) is 4.88 Å². The Bertz CT molecular complexity index is 962. The van der Waals surface area contributed by atoms with Crippen molar-refractivity contribution in [2.45, 2.75) is 4.90 Å². The summed E-state index contributed by atoms with van der Waals surface area (Å²) >= 11 is 2.73. The predicted octanol–water partition coefficient (Wildman–Crippen LogP) is 3.66. The SMILES string of the molecule is O=C(C=Cc1cccs1)Nc1ccc(S(=O)(=O)Nc2nccs2)cc1. The van der Waals surface area contributed by atoms with E-state index in [1.165, 1.54) is 59.2 Å². The number of thiophene rings is 1. The van der Waals surface area contributed by atoms with Crippen molar-refractivity contribution in [1.82, 2.24) is 4.98 Å². The molecule has 1 amide bonds. The maximum atomic E-state index is 12.2. The van der Waals surface area contributed by atoms with Crippen LogP contribution in [0.3, 0.4) is 0 Å². The molecule has 0 aliphatic rings. The van der Waals surface area contributed by atoms with Gasteiger partial charge in [-0.15, -0.1) is 22.7 Å². The van der Waals surface area contributed by atoms with Gasteiger partial charge in [0.1, 0.15) is 0 Å². The number of amides is 1. The van der Waals surface area contributed by atoms with E-state index in [1.807, 2.05) is 17.5 Å². The molecule has 0 bridgehead atoms. The summed E-state index contributed by atoms with van der Waals surface area (Å²) in [5, 5.41) is 6.59. The van der Waals surface area contributed by atoms with Crippen LogP contribution in [0.4, 0.5) is 10.8 Å². The van der Waals surface area contributed by atoms with E-state index in [9.17, 15) is 13.2 Å². The largest absolute Gasteiger partial charge is 0.323 e. The zero-order valence-electron chi connectivity index (χ0n) is 12.7. The van der Waals surface area contributed by atoms with Gasteiger partial charge in [0.15, 0.2) is 5.13 Å². The van der Waals surface area contributed by atoms with Crippen molar-refractivity contribution in [2.24, 2.45) is 0 Å². The summed E-state index contributed by atoms with van der Waals surface area (Å²) in [7, 11) is -3.70. The molecular weight excluding hydrogens is 378 g/mol. The van der Waals surface area contributed by atoms with E-state index in [-0.39, 0.29) is 10.8 Å². The van der Waals surface area contributed by atoms with Crippen LogP contribution in [0.5, 0.6) is 0 Å². The number of hydrogen-bond acceptors (Lipinski definition) is 6. The number of nitrogens with one attached hydrogen (secondary N) is 2. The van der Waals surface area contributed by atoms with Crippen molar-refractivity contribution in [2.75, 3.05) is 10.0 Å². The summed E-state index contributed by atoms with van der Waals surface area (Å²) in [6.07, 6.45) is 4.67. The fraction of sp³-hybridized carbons (Fsp3) is 0. The van der Waals surface area contributed by atoms with Crippen LogP contribution >= 0.6 is 22.7 Å². The topological polar surface area (TPSA) is 88.2 Å². The number of sulfonamides is 1. The fourth-order valence-corrected chi connectivity index (χ4v) is 4.30. The molecule has 3 rings (SSSR count). The quantitative estimate of drug-likeness (QED) is 0.628. The molecule has 1 aromatic carbocycles. The van der Waals surface area contributed by atoms with Gasteiger partial charge >= 0.3 is 0 Å². The zero-order chi connectivity index (χ0) is 17.7. The van der Waals surface area contributed by atoms with Gasteiger partial charge in [-0.2, -0.15) is 0 Å². The summed E-state index contributed by atoms with van der Waals surface area (Å²) in [5.74, 6) is -0.287. The molecule has 0 unspecified atom stereocenters. The van der Waals surface area contributed by atoms with Crippen LogP contribution < -0.4 is 10.0 Å². The molecule has 0 fully saturated rings. The van der Waals surface area contributed by atoms with Crippen molar-refractivity contribution < 1.29 is 13.2 Å². The summed E-state index contributed by atoms with van der Waals surface area (Å²) < 4.78 is 26.8. The van der Waals surface area contributed by atoms with Gasteiger partial charge in [0, 0.05) is 28.2 Å². The molecule has 128 valence electrons. The molecule has 0 radical (unpaired) electrons. The molecule has 2 heterocycles. The minimum absolute atomic E-state index is 0.0924. The highest BCUT2D eigenvalue weighted by molar-refractivity contribution is 7.93. The number of aromatic nitrogens is 1. The lowest BCUT2D eigenvalue weighted by Crippen LogP contribution is -2.13. The predicted molar refractivity (Wildman–Crippen MR) is 101 cm³/mol. The second-order valence-electron chi connectivity index (χ2n) is 4.81. The molecule has 0 aliphatic carbocycles. The molecule has 9 heteroatoms. The highest BCUT2D eigenvalue weighted by Gasteiger charge is 2.15. The van der Waals surface area contributed by atoms with E-state index in [1.54, 1.807) is 11.5 Å². The van der Waals surface area contributed by atoms with Crippen molar-refractivity contribution in [3.8, 4) is 0 Å². The lowest BCUT2D eigenvalue weighted by molar-refractivity contribution is -0.111. The maximum Gasteiger partial charge on any atom is 0.263 e. The van der Waals surface area contributed by atoms with Gasteiger partial charge in [0.2, 0.25) is 5.91 Å². The van der Waals surface area contributed by atoms with E-state index < -0.39 is 10.0 Å². The Labute approximate surface area is 152 Å². The maximum absolute atomic E-state index is 12.2. The Balaban J connectivity index is 1.64. The molecule has 0 aliphatic heterocycles. The molecule has 2 N–H and O–H groups in total. The van der Waals surface area contributed by atoms with Crippen molar-refractivity contribution in [1.29, 1.82) is 0 Å². The van der Waals surface area contributed by atoms with E-state index in [0.717, 1.165) is 4.88 Å². The van der Waals surface area contributed by atoms with E-state index in [4.69, 9.17) is 0 Å². The number of anilines is 2. The van der Waals surface area contributed by atoms with Gasteiger partial charge in [-0.05, 0) is 41.8 Å². The number of rotatable bonds is 6. The fourth-order valence-electron chi connectivity index (χ4n) is 1.89. The van der Waals surface area contributed by atoms with Crippen LogP contribution in [-0.4, -0.2) is 19.3 Å². The normalized spacial score (nSPS) is 11.5. The number of nitrogens with zero attached hydrogens (tertiary/aromatic N) is 1. The highest BCUT2D eigenvalue weighted by Crippen LogP contribution is 2.19. The molecule has 0 spiro atoms. The summed E-state index contributed by atoms with van der Waals surface area (Å²) in [6.45, 7) is 0. The minimum Gasteiger partial charge on any atom is -0.323 e. The molecule has 0 atom stereocenters. The minimum atomic E-state index is -3.70. The standard InChI is InChI=1S/C16H13N3O3S3/c20-15(8-5-13-2-1-10-23-13)18-12-3-6-14(7-4-12)25(21,22)19-16-17-9-11-24-16/h1-11H,(H,17,19)(H,18,20). The molecule has 0 saturated heterocycles. The van der Waals surface area contributed by atoms with Crippen LogP contribution in [-0.2, 0) is 14.8 Å². The van der Waals surface area contributed by atoms with Gasteiger partial charge in [0.05, 0.1) is 4.90 Å². The first-order valence-corrected chi connectivity index (χ1v) is 10.3. The third-order valence-corrected chi connectivity index (χ3v) is 6.04. The molecule has 6 nitrogen and oxygen atoms in total. The Kier molecular flexibility index (Phi) is 5.27. The molecule has 2 aromatic heterocycles. The number of carbonyl (C=O) groups excluding carboxylic acids is 1. The van der Waals surface area contributed by atoms with Gasteiger partial charge in [0.25, 0.3) is 10.0 Å². The third-order valence-electron chi connectivity index (χ3n) is 3.03. The summed E-state index contributed by atoms with van der Waals surface area (Å²) in [6, 6.07) is 9.73. The van der Waals surface area contributed by atoms with Crippen molar-refractivity contribution in [3.63, 3.8) is 0 Å². The Morgan fingerprint density at radius 3 is 2.52 bits per heavy atom. The van der Waals surface area contributed by atoms with Crippen molar-refractivity contribution >= 4 is 55.5 Å². The number of benzene rings is 1.